The summed E-state index contributed by atoms with van der Waals surface area (Å²) in [5, 5.41) is 10.6. The lowest BCUT2D eigenvalue weighted by Gasteiger charge is -2.06. The van der Waals surface area contributed by atoms with Crippen LogP contribution < -0.4 is 5.32 Å². The predicted molar refractivity (Wildman–Crippen MR) is 95.3 cm³/mol. The number of thioether (sulfide) groups is 1. The second-order valence-corrected chi connectivity index (χ2v) is 6.47. The summed E-state index contributed by atoms with van der Waals surface area (Å²) in [7, 11) is 0. The second-order valence-electron chi connectivity index (χ2n) is 5.17. The summed E-state index contributed by atoms with van der Waals surface area (Å²) in [5.74, 6) is 1.01. The molecule has 0 spiro atoms. The monoisotopic (exact) mass is 339 g/mol. The Morgan fingerprint density at radius 1 is 1.17 bits per heavy atom. The number of benzene rings is 2. The summed E-state index contributed by atoms with van der Waals surface area (Å²) in [4.78, 5) is 13.4. The maximum absolute atomic E-state index is 12.5. The highest BCUT2D eigenvalue weighted by molar-refractivity contribution is 7.99. The van der Waals surface area contributed by atoms with E-state index in [2.05, 4.69) is 15.5 Å². The number of nitrogens with zero attached hydrogens (tertiary/aromatic N) is 2. The Morgan fingerprint density at radius 2 is 2.00 bits per heavy atom. The average Bonchev–Trinajstić information content (AvgIpc) is 3.04. The van der Waals surface area contributed by atoms with Gasteiger partial charge in [0, 0.05) is 10.5 Å². The van der Waals surface area contributed by atoms with E-state index in [1.807, 2.05) is 56.3 Å². The van der Waals surface area contributed by atoms with Crippen molar-refractivity contribution in [1.29, 1.82) is 0 Å². The lowest BCUT2D eigenvalue weighted by atomic mass is 10.1. The zero-order valence-electron chi connectivity index (χ0n) is 13.4. The maximum Gasteiger partial charge on any atom is 0.322 e. The Kier molecular flexibility index (Phi) is 4.96. The van der Waals surface area contributed by atoms with E-state index in [-0.39, 0.29) is 11.9 Å². The highest BCUT2D eigenvalue weighted by Gasteiger charge is 2.15. The van der Waals surface area contributed by atoms with Gasteiger partial charge in [-0.15, -0.1) is 16.9 Å². The van der Waals surface area contributed by atoms with Crippen LogP contribution in [0.1, 0.15) is 22.8 Å². The molecular weight excluding hydrogens is 322 g/mol. The molecule has 0 saturated heterocycles. The van der Waals surface area contributed by atoms with Crippen LogP contribution in [-0.4, -0.2) is 21.9 Å². The summed E-state index contributed by atoms with van der Waals surface area (Å²) < 4.78 is 5.56. The predicted octanol–water partition coefficient (Wildman–Crippen LogP) is 4.41. The van der Waals surface area contributed by atoms with Crippen molar-refractivity contribution in [2.45, 2.75) is 18.7 Å². The molecule has 0 bridgehead atoms. The van der Waals surface area contributed by atoms with Crippen LogP contribution in [-0.2, 0) is 0 Å². The SMILES string of the molecule is CCSc1ccccc1C(=O)Nc1nnc(-c2cccc(C)c2)o1. The van der Waals surface area contributed by atoms with Gasteiger partial charge in [0.2, 0.25) is 5.89 Å². The average molecular weight is 339 g/mol. The normalized spacial score (nSPS) is 10.6. The number of aromatic nitrogens is 2. The van der Waals surface area contributed by atoms with Crippen LogP contribution in [0.2, 0.25) is 0 Å². The van der Waals surface area contributed by atoms with E-state index in [1.54, 1.807) is 17.8 Å². The first-order valence-corrected chi connectivity index (χ1v) is 8.59. The Bertz CT molecular complexity index is 861. The molecule has 1 N–H and O–H groups in total. The lowest BCUT2D eigenvalue weighted by Crippen LogP contribution is -2.13. The first kappa shape index (κ1) is 16.3. The molecule has 0 atom stereocenters. The minimum absolute atomic E-state index is 0.0906. The third-order valence-electron chi connectivity index (χ3n) is 3.34. The van der Waals surface area contributed by atoms with Gasteiger partial charge in [-0.25, -0.2) is 0 Å². The van der Waals surface area contributed by atoms with Gasteiger partial charge in [-0.2, -0.15) is 0 Å². The summed E-state index contributed by atoms with van der Waals surface area (Å²) >= 11 is 1.62. The number of hydrogen-bond acceptors (Lipinski definition) is 5. The fourth-order valence-corrected chi connectivity index (χ4v) is 3.07. The molecule has 0 aliphatic carbocycles. The quantitative estimate of drug-likeness (QED) is 0.697. The van der Waals surface area contributed by atoms with Crippen LogP contribution in [0.3, 0.4) is 0 Å². The molecule has 3 aromatic rings. The van der Waals surface area contributed by atoms with Crippen LogP contribution >= 0.6 is 11.8 Å². The summed E-state index contributed by atoms with van der Waals surface area (Å²) in [6.45, 7) is 4.04. The number of anilines is 1. The molecular formula is C18H17N3O2S. The van der Waals surface area contributed by atoms with Gasteiger partial charge in [-0.05, 0) is 36.9 Å². The van der Waals surface area contributed by atoms with Gasteiger partial charge in [0.15, 0.2) is 0 Å². The Morgan fingerprint density at radius 3 is 2.79 bits per heavy atom. The summed E-state index contributed by atoms with van der Waals surface area (Å²) in [6, 6.07) is 15.3. The van der Waals surface area contributed by atoms with Gasteiger partial charge in [-0.3, -0.25) is 10.1 Å². The molecule has 0 radical (unpaired) electrons. The van der Waals surface area contributed by atoms with Crippen LogP contribution in [0, 0.1) is 6.92 Å². The molecule has 1 aromatic heterocycles. The Hall–Kier alpha value is -2.60. The van der Waals surface area contributed by atoms with Crippen molar-refractivity contribution in [2.75, 3.05) is 11.1 Å². The van der Waals surface area contributed by atoms with E-state index in [1.165, 1.54) is 0 Å². The van der Waals surface area contributed by atoms with Crippen molar-refractivity contribution in [1.82, 2.24) is 10.2 Å². The number of rotatable bonds is 5. The second kappa shape index (κ2) is 7.31. The first-order chi connectivity index (χ1) is 11.7. The number of aryl methyl sites for hydroxylation is 1. The van der Waals surface area contributed by atoms with Gasteiger partial charge in [0.25, 0.3) is 5.91 Å². The molecule has 6 heteroatoms. The number of carbonyl (C=O) groups excluding carboxylic acids is 1. The number of hydrogen-bond donors (Lipinski definition) is 1. The molecule has 5 nitrogen and oxygen atoms in total. The molecule has 0 aliphatic heterocycles. The number of nitrogens with one attached hydrogen (secondary N) is 1. The zero-order chi connectivity index (χ0) is 16.9. The van der Waals surface area contributed by atoms with Crippen LogP contribution in [0.4, 0.5) is 6.01 Å². The summed E-state index contributed by atoms with van der Waals surface area (Å²) in [6.07, 6.45) is 0. The van der Waals surface area contributed by atoms with Crippen molar-refractivity contribution >= 4 is 23.7 Å². The van der Waals surface area contributed by atoms with E-state index >= 15 is 0 Å². The highest BCUT2D eigenvalue weighted by atomic mass is 32.2. The van der Waals surface area contributed by atoms with Gasteiger partial charge in [-0.1, -0.05) is 41.9 Å². The zero-order valence-corrected chi connectivity index (χ0v) is 14.3. The fraction of sp³-hybridized carbons (Fsp3) is 0.167. The molecule has 1 heterocycles. The smallest absolute Gasteiger partial charge is 0.322 e. The van der Waals surface area contributed by atoms with Crippen LogP contribution in [0.25, 0.3) is 11.5 Å². The molecule has 0 aliphatic rings. The Balaban J connectivity index is 1.79. The molecule has 3 rings (SSSR count). The van der Waals surface area contributed by atoms with Gasteiger partial charge in [0.1, 0.15) is 0 Å². The minimum atomic E-state index is -0.258. The molecule has 1 amide bonds. The standard InChI is InChI=1S/C18H17N3O2S/c1-3-24-15-10-5-4-9-14(15)16(22)19-18-21-20-17(23-18)13-8-6-7-12(2)11-13/h4-11H,3H2,1-2H3,(H,19,21,22). The number of amides is 1. The van der Waals surface area contributed by atoms with Crippen LogP contribution in [0.5, 0.6) is 0 Å². The molecule has 0 unspecified atom stereocenters. The van der Waals surface area contributed by atoms with Crippen LogP contribution in [0.15, 0.2) is 57.8 Å². The van der Waals surface area contributed by atoms with Crippen molar-refractivity contribution in [3.8, 4) is 11.5 Å². The molecule has 122 valence electrons. The van der Waals surface area contributed by atoms with E-state index < -0.39 is 0 Å². The van der Waals surface area contributed by atoms with Crippen molar-refractivity contribution < 1.29 is 9.21 Å². The largest absolute Gasteiger partial charge is 0.403 e. The third kappa shape index (κ3) is 3.65. The maximum atomic E-state index is 12.5. The molecule has 2 aromatic carbocycles. The van der Waals surface area contributed by atoms with E-state index in [0.29, 0.717) is 11.5 Å². The van der Waals surface area contributed by atoms with E-state index in [0.717, 1.165) is 21.8 Å². The topological polar surface area (TPSA) is 68.0 Å². The fourth-order valence-electron chi connectivity index (χ4n) is 2.27. The van der Waals surface area contributed by atoms with Crippen molar-refractivity contribution in [3.05, 3.63) is 59.7 Å². The molecule has 0 fully saturated rings. The highest BCUT2D eigenvalue weighted by Crippen LogP contribution is 2.24. The Labute approximate surface area is 144 Å². The molecule has 0 saturated carbocycles. The first-order valence-electron chi connectivity index (χ1n) is 7.61. The summed E-state index contributed by atoms with van der Waals surface area (Å²) in [5.41, 5.74) is 2.52. The molecule has 24 heavy (non-hydrogen) atoms. The minimum Gasteiger partial charge on any atom is -0.403 e. The van der Waals surface area contributed by atoms with Gasteiger partial charge in [0.05, 0.1) is 5.56 Å². The third-order valence-corrected chi connectivity index (χ3v) is 4.30. The van der Waals surface area contributed by atoms with Crippen molar-refractivity contribution in [2.24, 2.45) is 0 Å². The van der Waals surface area contributed by atoms with Gasteiger partial charge < -0.3 is 4.42 Å². The lowest BCUT2D eigenvalue weighted by molar-refractivity contribution is 0.102. The van der Waals surface area contributed by atoms with E-state index in [9.17, 15) is 4.79 Å². The van der Waals surface area contributed by atoms with Gasteiger partial charge >= 0.3 is 6.01 Å². The number of carbonyl (C=O) groups is 1. The van der Waals surface area contributed by atoms with E-state index in [4.69, 9.17) is 4.42 Å². The van der Waals surface area contributed by atoms with Crippen molar-refractivity contribution in [3.63, 3.8) is 0 Å².